The monoisotopic (exact) mass is 407 g/mol. The van der Waals surface area contributed by atoms with Crippen LogP contribution in [0.2, 0.25) is 0 Å². The Morgan fingerprint density at radius 3 is 2.73 bits per heavy atom. The summed E-state index contributed by atoms with van der Waals surface area (Å²) in [6, 6.07) is 10.6. The zero-order chi connectivity index (χ0) is 20.8. The minimum absolute atomic E-state index is 0.0217. The molecule has 0 bridgehead atoms. The first-order valence-electron chi connectivity index (χ1n) is 10.6. The molecule has 0 aromatic heterocycles. The summed E-state index contributed by atoms with van der Waals surface area (Å²) in [6.45, 7) is 2.10. The van der Waals surface area contributed by atoms with Crippen LogP contribution in [0.3, 0.4) is 0 Å². The molecule has 2 saturated heterocycles. The number of Topliss-reactive ketones (excluding diaryl/α,β-unsaturated/α-hetero) is 2. The quantitative estimate of drug-likeness (QED) is 0.481. The number of ether oxygens (including phenoxy) is 1. The predicted molar refractivity (Wildman–Crippen MR) is 108 cm³/mol. The molecule has 3 fully saturated rings. The number of rotatable bonds is 5. The fraction of sp³-hybridized carbons (Fsp3) is 0.478. The second-order valence-corrected chi connectivity index (χ2v) is 8.98. The number of nitrogens with zero attached hydrogens (tertiary/aromatic N) is 1. The summed E-state index contributed by atoms with van der Waals surface area (Å²) >= 11 is 0. The van der Waals surface area contributed by atoms with Crippen molar-refractivity contribution < 1.29 is 19.4 Å². The van der Waals surface area contributed by atoms with Crippen molar-refractivity contribution in [2.75, 3.05) is 20.3 Å². The van der Waals surface area contributed by atoms with Crippen molar-refractivity contribution in [3.63, 3.8) is 0 Å². The van der Waals surface area contributed by atoms with E-state index in [1.54, 1.807) is 14.0 Å². The Labute approximate surface area is 174 Å². The van der Waals surface area contributed by atoms with Gasteiger partial charge in [0, 0.05) is 42.8 Å². The third-order valence-electron chi connectivity index (χ3n) is 7.57. The summed E-state index contributed by atoms with van der Waals surface area (Å²) in [5.74, 6) is -0.523. The van der Waals surface area contributed by atoms with Crippen LogP contribution in [0.25, 0.3) is 0 Å². The molecule has 6 unspecified atom stereocenters. The molecule has 3 heterocycles. The lowest BCUT2D eigenvalue weighted by Gasteiger charge is -2.39. The molecule has 0 amide bonds. The largest absolute Gasteiger partial charge is 0.396 e. The number of methoxy groups -OCH3 is 1. The minimum Gasteiger partial charge on any atom is -0.396 e. The molecule has 30 heavy (non-hydrogen) atoms. The molecule has 3 aliphatic heterocycles. The molecule has 1 saturated carbocycles. The van der Waals surface area contributed by atoms with Crippen LogP contribution in [0.15, 0.2) is 52.9 Å². The number of benzene rings is 1. The second kappa shape index (κ2) is 6.03. The van der Waals surface area contributed by atoms with Crippen molar-refractivity contribution in [3.05, 3.63) is 58.4 Å². The van der Waals surface area contributed by atoms with E-state index in [1.807, 2.05) is 23.1 Å². The Balaban J connectivity index is 1.32. The van der Waals surface area contributed by atoms with Gasteiger partial charge >= 0.3 is 0 Å². The van der Waals surface area contributed by atoms with Gasteiger partial charge in [-0.3, -0.25) is 9.59 Å². The van der Waals surface area contributed by atoms with E-state index in [1.165, 1.54) is 5.56 Å². The van der Waals surface area contributed by atoms with Crippen molar-refractivity contribution >= 4 is 11.6 Å². The van der Waals surface area contributed by atoms with E-state index in [-0.39, 0.29) is 36.3 Å². The predicted octanol–water partition coefficient (Wildman–Crippen LogP) is 0.433. The number of aliphatic hydroxyl groups excluding tert-OH is 1. The van der Waals surface area contributed by atoms with Crippen LogP contribution in [-0.4, -0.2) is 65.7 Å². The first-order valence-corrected chi connectivity index (χ1v) is 10.6. The van der Waals surface area contributed by atoms with Crippen LogP contribution in [0.5, 0.6) is 0 Å². The van der Waals surface area contributed by atoms with E-state index in [9.17, 15) is 14.7 Å². The van der Waals surface area contributed by atoms with Gasteiger partial charge in [-0.05, 0) is 18.9 Å². The number of piperazine rings is 1. The SMILES string of the molecule is COC12C(CO)C3=C(C(=O)C(C)=C(NC4CC4c4ccccc4)C3=O)N1CC1NC12. The van der Waals surface area contributed by atoms with Gasteiger partial charge in [0.1, 0.15) is 0 Å². The maximum Gasteiger partial charge on any atom is 0.208 e. The van der Waals surface area contributed by atoms with Crippen molar-refractivity contribution in [1.82, 2.24) is 15.5 Å². The molecular formula is C23H25N3O4. The number of ketones is 2. The molecule has 3 N–H and O–H groups in total. The van der Waals surface area contributed by atoms with Gasteiger partial charge in [0.15, 0.2) is 5.72 Å². The molecule has 1 aromatic rings. The molecule has 5 aliphatic rings. The van der Waals surface area contributed by atoms with Gasteiger partial charge in [-0.15, -0.1) is 0 Å². The number of hydrogen-bond acceptors (Lipinski definition) is 7. The van der Waals surface area contributed by atoms with Gasteiger partial charge in [-0.1, -0.05) is 30.3 Å². The van der Waals surface area contributed by atoms with Crippen LogP contribution < -0.4 is 10.6 Å². The summed E-state index contributed by atoms with van der Waals surface area (Å²) < 4.78 is 5.93. The van der Waals surface area contributed by atoms with Gasteiger partial charge in [-0.2, -0.15) is 0 Å². The number of hydrogen-bond donors (Lipinski definition) is 3. The van der Waals surface area contributed by atoms with Crippen LogP contribution in [0.1, 0.15) is 24.8 Å². The molecular weight excluding hydrogens is 382 g/mol. The van der Waals surface area contributed by atoms with E-state index in [0.29, 0.717) is 35.0 Å². The number of aliphatic hydroxyl groups is 1. The highest BCUT2D eigenvalue weighted by Crippen LogP contribution is 2.55. The van der Waals surface area contributed by atoms with Crippen molar-refractivity contribution in [3.8, 4) is 0 Å². The molecule has 7 nitrogen and oxygen atoms in total. The lowest BCUT2D eigenvalue weighted by Crippen LogP contribution is -2.54. The number of allylic oxidation sites excluding steroid dienone is 2. The van der Waals surface area contributed by atoms with Crippen LogP contribution in [0.4, 0.5) is 0 Å². The Morgan fingerprint density at radius 2 is 2.03 bits per heavy atom. The summed E-state index contributed by atoms with van der Waals surface area (Å²) in [5.41, 5.74) is 2.04. The van der Waals surface area contributed by atoms with E-state index >= 15 is 0 Å². The number of carbonyl (C=O) groups excluding carboxylic acids is 2. The highest BCUT2D eigenvalue weighted by molar-refractivity contribution is 6.25. The normalized spacial score (nSPS) is 38.6. The third-order valence-corrected chi connectivity index (χ3v) is 7.57. The molecule has 2 aliphatic carbocycles. The Morgan fingerprint density at radius 1 is 1.27 bits per heavy atom. The van der Waals surface area contributed by atoms with Gasteiger partial charge in [0.05, 0.1) is 30.0 Å². The Bertz CT molecular complexity index is 1030. The highest BCUT2D eigenvalue weighted by Gasteiger charge is 2.72. The average Bonchev–Trinajstić information content (AvgIpc) is 3.66. The van der Waals surface area contributed by atoms with Crippen LogP contribution in [-0.2, 0) is 14.3 Å². The zero-order valence-electron chi connectivity index (χ0n) is 17.0. The zero-order valence-corrected chi connectivity index (χ0v) is 17.0. The summed E-state index contributed by atoms with van der Waals surface area (Å²) in [7, 11) is 1.60. The molecule has 7 heteroatoms. The Hall–Kier alpha value is -2.48. The first kappa shape index (κ1) is 18.3. The van der Waals surface area contributed by atoms with Crippen molar-refractivity contribution in [2.45, 2.75) is 43.1 Å². The van der Waals surface area contributed by atoms with E-state index in [0.717, 1.165) is 6.42 Å². The number of nitrogens with one attached hydrogen (secondary N) is 2. The lowest BCUT2D eigenvalue weighted by atomic mass is 9.82. The highest BCUT2D eigenvalue weighted by atomic mass is 16.5. The maximum absolute atomic E-state index is 13.6. The lowest BCUT2D eigenvalue weighted by molar-refractivity contribution is -0.137. The molecule has 0 spiro atoms. The number of fused-ring (bicyclic) bond motifs is 4. The molecule has 0 radical (unpaired) electrons. The number of carbonyl (C=O) groups is 2. The van der Waals surface area contributed by atoms with E-state index in [2.05, 4.69) is 22.8 Å². The van der Waals surface area contributed by atoms with Crippen molar-refractivity contribution in [1.29, 1.82) is 0 Å². The summed E-state index contributed by atoms with van der Waals surface area (Å²) in [6.07, 6.45) is 0.930. The molecule has 6 rings (SSSR count). The Kier molecular flexibility index (Phi) is 3.68. The topological polar surface area (TPSA) is 101 Å². The smallest absolute Gasteiger partial charge is 0.208 e. The standard InChI is InChI=1S/C23H25N3O4/c1-11-18(24-15-8-13(15)12-6-4-3-5-7-12)21(29)17-14(10-27)23(30-2)22-16(25-22)9-26(23)19(17)20(11)28/h3-7,13-16,22,24-25,27H,8-10H2,1-2H3. The fourth-order valence-corrected chi connectivity index (χ4v) is 5.93. The van der Waals surface area contributed by atoms with Gasteiger partial charge in [-0.25, -0.2) is 0 Å². The van der Waals surface area contributed by atoms with Gasteiger partial charge in [0.2, 0.25) is 11.6 Å². The van der Waals surface area contributed by atoms with E-state index < -0.39 is 11.6 Å². The average molecular weight is 407 g/mol. The van der Waals surface area contributed by atoms with E-state index in [4.69, 9.17) is 4.74 Å². The minimum atomic E-state index is -0.864. The molecule has 6 atom stereocenters. The van der Waals surface area contributed by atoms with Gasteiger partial charge < -0.3 is 25.4 Å². The van der Waals surface area contributed by atoms with Crippen LogP contribution in [0, 0.1) is 5.92 Å². The first-order chi connectivity index (χ1) is 14.5. The summed E-state index contributed by atoms with van der Waals surface area (Å²) in [5, 5.41) is 17.0. The molecule has 1 aromatic carbocycles. The van der Waals surface area contributed by atoms with Crippen LogP contribution >= 0.6 is 0 Å². The second-order valence-electron chi connectivity index (χ2n) is 8.98. The third kappa shape index (κ3) is 2.15. The van der Waals surface area contributed by atoms with Gasteiger partial charge in [0.25, 0.3) is 0 Å². The van der Waals surface area contributed by atoms with Crippen molar-refractivity contribution in [2.24, 2.45) is 5.92 Å². The summed E-state index contributed by atoms with van der Waals surface area (Å²) in [4.78, 5) is 28.9. The molecule has 156 valence electrons. The fourth-order valence-electron chi connectivity index (χ4n) is 5.93. The maximum atomic E-state index is 13.6.